The maximum absolute atomic E-state index is 14.3. The maximum Gasteiger partial charge on any atom is 0.190 e. The number of halogens is 3. The van der Waals surface area contributed by atoms with E-state index in [1.165, 1.54) is 43.1 Å². The Morgan fingerprint density at radius 2 is 1.84 bits per heavy atom. The predicted molar refractivity (Wildman–Crippen MR) is 125 cm³/mol. The van der Waals surface area contributed by atoms with Crippen LogP contribution in [-0.2, 0) is 5.75 Å². The molecule has 0 aliphatic rings. The third-order valence-corrected chi connectivity index (χ3v) is 6.05. The first kappa shape index (κ1) is 23.0. The molecule has 0 spiro atoms. The van der Waals surface area contributed by atoms with Crippen molar-refractivity contribution in [2.75, 3.05) is 12.4 Å². The smallest absolute Gasteiger partial charge is 0.190 e. The van der Waals surface area contributed by atoms with Gasteiger partial charge in [-0.25, -0.2) is 8.78 Å². The van der Waals surface area contributed by atoms with Crippen molar-refractivity contribution in [3.05, 3.63) is 99.7 Å². The van der Waals surface area contributed by atoms with Crippen LogP contribution in [-0.4, -0.2) is 12.9 Å². The van der Waals surface area contributed by atoms with Gasteiger partial charge in [0, 0.05) is 28.5 Å². The molecule has 0 fully saturated rings. The van der Waals surface area contributed by atoms with Gasteiger partial charge in [0.05, 0.1) is 22.8 Å². The van der Waals surface area contributed by atoms with Gasteiger partial charge >= 0.3 is 0 Å². The summed E-state index contributed by atoms with van der Waals surface area (Å²) in [6.07, 6.45) is 1.28. The zero-order valence-corrected chi connectivity index (χ0v) is 19.3. The van der Waals surface area contributed by atoms with E-state index in [0.29, 0.717) is 22.9 Å². The number of carbonyl (C=O) groups is 1. The quantitative estimate of drug-likeness (QED) is 0.200. The Morgan fingerprint density at radius 3 is 2.55 bits per heavy atom. The van der Waals surface area contributed by atoms with Crippen molar-refractivity contribution < 1.29 is 18.3 Å². The summed E-state index contributed by atoms with van der Waals surface area (Å²) in [6.45, 7) is 1.64. The summed E-state index contributed by atoms with van der Waals surface area (Å²) in [5, 5.41) is 2.94. The number of benzene rings is 3. The van der Waals surface area contributed by atoms with Crippen LogP contribution >= 0.6 is 27.7 Å². The van der Waals surface area contributed by atoms with Crippen LogP contribution in [0.4, 0.5) is 14.5 Å². The lowest BCUT2D eigenvalue weighted by Crippen LogP contribution is -2.05. The van der Waals surface area contributed by atoms with E-state index in [2.05, 4.69) is 21.2 Å². The first-order chi connectivity index (χ1) is 14.9. The minimum absolute atomic E-state index is 0.0202. The molecular formula is C24H20BrF2NO2S. The first-order valence-electron chi connectivity index (χ1n) is 9.36. The number of allylic oxidation sites excluding steroid dienone is 2. The molecule has 1 N–H and O–H groups in total. The molecule has 3 aromatic carbocycles. The molecule has 0 radical (unpaired) electrons. The Bertz CT molecular complexity index is 1120. The number of nitrogens with one attached hydrogen (secondary N) is 1. The fourth-order valence-corrected chi connectivity index (χ4v) is 4.06. The van der Waals surface area contributed by atoms with Crippen LogP contribution in [0.25, 0.3) is 0 Å². The van der Waals surface area contributed by atoms with E-state index in [9.17, 15) is 13.6 Å². The molecule has 0 bridgehead atoms. The minimum Gasteiger partial charge on any atom is -0.495 e. The van der Waals surface area contributed by atoms with Crippen molar-refractivity contribution >= 4 is 39.2 Å². The van der Waals surface area contributed by atoms with Crippen molar-refractivity contribution in [2.24, 2.45) is 0 Å². The minimum atomic E-state index is -0.592. The number of rotatable bonds is 8. The lowest BCUT2D eigenvalue weighted by Gasteiger charge is -2.12. The third-order valence-electron chi connectivity index (χ3n) is 4.37. The van der Waals surface area contributed by atoms with E-state index in [-0.39, 0.29) is 10.0 Å². The van der Waals surface area contributed by atoms with Gasteiger partial charge in [0.15, 0.2) is 5.78 Å². The normalized spacial score (nSPS) is 11.3. The van der Waals surface area contributed by atoms with Crippen LogP contribution in [0.5, 0.6) is 5.75 Å². The van der Waals surface area contributed by atoms with Crippen molar-refractivity contribution in [2.45, 2.75) is 17.6 Å². The van der Waals surface area contributed by atoms with Gasteiger partial charge in [0.25, 0.3) is 0 Å². The molecule has 160 valence electrons. The molecule has 7 heteroatoms. The van der Waals surface area contributed by atoms with Gasteiger partial charge in [-0.1, -0.05) is 30.3 Å². The second-order valence-corrected chi connectivity index (χ2v) is 8.60. The average Bonchev–Trinajstić information content (AvgIpc) is 2.76. The van der Waals surface area contributed by atoms with Gasteiger partial charge in [0.2, 0.25) is 0 Å². The number of ketones is 1. The molecule has 31 heavy (non-hydrogen) atoms. The molecule has 0 atom stereocenters. The van der Waals surface area contributed by atoms with E-state index in [0.717, 1.165) is 10.5 Å². The summed E-state index contributed by atoms with van der Waals surface area (Å²) < 4.78 is 33.7. The molecule has 0 saturated carbocycles. The van der Waals surface area contributed by atoms with Crippen LogP contribution in [0.1, 0.15) is 22.8 Å². The van der Waals surface area contributed by atoms with E-state index in [1.807, 2.05) is 30.3 Å². The van der Waals surface area contributed by atoms with Crippen LogP contribution in [0, 0.1) is 11.6 Å². The Balaban J connectivity index is 1.76. The van der Waals surface area contributed by atoms with Crippen LogP contribution < -0.4 is 10.1 Å². The van der Waals surface area contributed by atoms with Crippen molar-refractivity contribution in [3.63, 3.8) is 0 Å². The summed E-state index contributed by atoms with van der Waals surface area (Å²) >= 11 is 4.63. The molecular weight excluding hydrogens is 484 g/mol. The number of hydrogen-bond donors (Lipinski definition) is 1. The number of hydrogen-bond acceptors (Lipinski definition) is 4. The fourth-order valence-electron chi connectivity index (χ4n) is 2.84. The van der Waals surface area contributed by atoms with Crippen LogP contribution in [0.2, 0.25) is 0 Å². The molecule has 3 rings (SSSR count). The Kier molecular flexibility index (Phi) is 7.87. The van der Waals surface area contributed by atoms with Gasteiger partial charge < -0.3 is 10.1 Å². The summed E-state index contributed by atoms with van der Waals surface area (Å²) in [7, 11) is 1.46. The summed E-state index contributed by atoms with van der Waals surface area (Å²) in [5.74, 6) is -0.437. The SMILES string of the molecule is COc1cc(Br)c(F)cc1N/C(C)=C/C(=O)c1cc(SCc2ccccc2)ccc1F. The third kappa shape index (κ3) is 6.18. The van der Waals surface area contributed by atoms with E-state index in [4.69, 9.17) is 4.74 Å². The van der Waals surface area contributed by atoms with Crippen LogP contribution in [0.15, 0.2) is 81.8 Å². The van der Waals surface area contributed by atoms with Gasteiger partial charge in [-0.2, -0.15) is 0 Å². The van der Waals surface area contributed by atoms with Gasteiger partial charge in [-0.15, -0.1) is 11.8 Å². The largest absolute Gasteiger partial charge is 0.495 e. The topological polar surface area (TPSA) is 38.3 Å². The molecule has 0 amide bonds. The first-order valence-corrected chi connectivity index (χ1v) is 11.1. The summed E-state index contributed by atoms with van der Waals surface area (Å²) in [5.41, 5.74) is 1.90. The van der Waals surface area contributed by atoms with E-state index < -0.39 is 17.4 Å². The molecule has 0 unspecified atom stereocenters. The fraction of sp³-hybridized carbons (Fsp3) is 0.125. The van der Waals surface area contributed by atoms with E-state index in [1.54, 1.807) is 19.1 Å². The monoisotopic (exact) mass is 503 g/mol. The van der Waals surface area contributed by atoms with Gasteiger partial charge in [-0.05, 0) is 52.7 Å². The number of anilines is 1. The molecule has 0 saturated heterocycles. The number of thioether (sulfide) groups is 1. The molecule has 3 aromatic rings. The van der Waals surface area contributed by atoms with Gasteiger partial charge in [-0.3, -0.25) is 4.79 Å². The Morgan fingerprint density at radius 1 is 1.10 bits per heavy atom. The lowest BCUT2D eigenvalue weighted by molar-refractivity contribution is 0.104. The summed E-state index contributed by atoms with van der Waals surface area (Å²) in [4.78, 5) is 13.5. The standard InChI is InChI=1S/C24H20BrF2NO2S/c1-15(28-22-13-21(27)19(25)12-24(22)30-2)10-23(29)18-11-17(8-9-20(18)26)31-14-16-6-4-3-5-7-16/h3-13,28H,14H2,1-2H3/b15-10+. The van der Waals surface area contributed by atoms with Crippen molar-refractivity contribution in [3.8, 4) is 5.75 Å². The highest BCUT2D eigenvalue weighted by molar-refractivity contribution is 9.10. The highest BCUT2D eigenvalue weighted by Gasteiger charge is 2.13. The van der Waals surface area contributed by atoms with Gasteiger partial charge in [0.1, 0.15) is 17.4 Å². The van der Waals surface area contributed by atoms with Crippen molar-refractivity contribution in [1.82, 2.24) is 0 Å². The molecule has 0 aliphatic carbocycles. The van der Waals surface area contributed by atoms with Crippen molar-refractivity contribution in [1.29, 1.82) is 0 Å². The van der Waals surface area contributed by atoms with Crippen LogP contribution in [0.3, 0.4) is 0 Å². The Labute approximate surface area is 192 Å². The zero-order chi connectivity index (χ0) is 22.4. The lowest BCUT2D eigenvalue weighted by atomic mass is 10.1. The number of ether oxygens (including phenoxy) is 1. The number of carbonyl (C=O) groups excluding carboxylic acids is 1. The second-order valence-electron chi connectivity index (χ2n) is 6.70. The Hall–Kier alpha value is -2.64. The summed E-state index contributed by atoms with van der Waals surface area (Å²) in [6, 6.07) is 17.1. The molecule has 3 nitrogen and oxygen atoms in total. The highest BCUT2D eigenvalue weighted by Crippen LogP contribution is 2.31. The number of methoxy groups -OCH3 is 1. The molecule has 0 heterocycles. The van der Waals surface area contributed by atoms with E-state index >= 15 is 0 Å². The zero-order valence-electron chi connectivity index (χ0n) is 16.9. The highest BCUT2D eigenvalue weighted by atomic mass is 79.9. The molecule has 0 aliphatic heterocycles. The second kappa shape index (κ2) is 10.6. The predicted octanol–water partition coefficient (Wildman–Crippen LogP) is 7.23. The molecule has 0 aromatic heterocycles. The maximum atomic E-state index is 14.3. The average molecular weight is 504 g/mol.